The summed E-state index contributed by atoms with van der Waals surface area (Å²) in [4.78, 5) is 0. The van der Waals surface area contributed by atoms with E-state index in [4.69, 9.17) is 9.47 Å². The fraction of sp³-hybridized carbons (Fsp3) is 0.600. The zero-order valence-corrected chi connectivity index (χ0v) is 11.6. The third-order valence-electron chi connectivity index (χ3n) is 4.01. The molecular formula is C15H18F3NO2. The summed E-state index contributed by atoms with van der Waals surface area (Å²) in [6, 6.07) is 2.47. The zero-order chi connectivity index (χ0) is 14.9. The van der Waals surface area contributed by atoms with Crippen molar-refractivity contribution in [2.75, 3.05) is 26.3 Å². The van der Waals surface area contributed by atoms with Gasteiger partial charge in [-0.1, -0.05) is 0 Å². The van der Waals surface area contributed by atoms with Crippen molar-refractivity contribution in [3.8, 4) is 11.5 Å². The predicted molar refractivity (Wildman–Crippen MR) is 71.7 cm³/mol. The lowest BCUT2D eigenvalue weighted by Gasteiger charge is -2.28. The van der Waals surface area contributed by atoms with E-state index in [1.54, 1.807) is 0 Å². The van der Waals surface area contributed by atoms with Gasteiger partial charge >= 0.3 is 6.18 Å². The molecule has 0 radical (unpaired) electrons. The van der Waals surface area contributed by atoms with Gasteiger partial charge in [-0.25, -0.2) is 0 Å². The minimum atomic E-state index is -4.37. The minimum Gasteiger partial charge on any atom is -0.486 e. The molecule has 3 rings (SSSR count). The monoisotopic (exact) mass is 301 g/mol. The molecule has 6 heteroatoms. The molecule has 0 aromatic heterocycles. The average molecular weight is 301 g/mol. The van der Waals surface area contributed by atoms with E-state index in [9.17, 15) is 13.2 Å². The van der Waals surface area contributed by atoms with E-state index in [1.165, 1.54) is 6.07 Å². The van der Waals surface area contributed by atoms with E-state index in [-0.39, 0.29) is 17.2 Å². The standard InChI is InChI=1S/C15H18F3NO2/c16-15(17,18)12-3-4-13-14(21-7-6-20-13)11(12)8-10-2-1-5-19-9-10/h3-4,10,19H,1-2,5-9H2. The third-order valence-corrected chi connectivity index (χ3v) is 4.01. The van der Waals surface area contributed by atoms with E-state index in [0.29, 0.717) is 25.4 Å². The van der Waals surface area contributed by atoms with Crippen molar-refractivity contribution in [1.29, 1.82) is 0 Å². The molecule has 2 heterocycles. The van der Waals surface area contributed by atoms with Gasteiger partial charge in [-0.05, 0) is 50.4 Å². The van der Waals surface area contributed by atoms with E-state index < -0.39 is 11.7 Å². The van der Waals surface area contributed by atoms with Crippen LogP contribution in [-0.4, -0.2) is 26.3 Å². The SMILES string of the molecule is FC(F)(F)c1ccc2c(c1CC1CCCNC1)OCCO2. The Morgan fingerprint density at radius 3 is 2.71 bits per heavy atom. The van der Waals surface area contributed by atoms with Crippen molar-refractivity contribution in [2.45, 2.75) is 25.4 Å². The van der Waals surface area contributed by atoms with Crippen molar-refractivity contribution in [3.05, 3.63) is 23.3 Å². The second-order valence-corrected chi connectivity index (χ2v) is 5.53. The lowest BCUT2D eigenvalue weighted by molar-refractivity contribution is -0.138. The molecule has 1 fully saturated rings. The van der Waals surface area contributed by atoms with Crippen molar-refractivity contribution < 1.29 is 22.6 Å². The van der Waals surface area contributed by atoms with Crippen molar-refractivity contribution in [2.24, 2.45) is 5.92 Å². The normalized spacial score (nSPS) is 22.1. The van der Waals surface area contributed by atoms with Crippen LogP contribution in [0.2, 0.25) is 0 Å². The Hall–Kier alpha value is -1.43. The van der Waals surface area contributed by atoms with Gasteiger partial charge in [0.15, 0.2) is 11.5 Å². The first-order valence-electron chi connectivity index (χ1n) is 7.25. The number of halogens is 3. The highest BCUT2D eigenvalue weighted by Crippen LogP contribution is 2.43. The Balaban J connectivity index is 1.97. The van der Waals surface area contributed by atoms with Crippen molar-refractivity contribution >= 4 is 0 Å². The molecule has 0 bridgehead atoms. The number of fused-ring (bicyclic) bond motifs is 1. The Bertz CT molecular complexity index is 510. The van der Waals surface area contributed by atoms with Crippen LogP contribution in [0.15, 0.2) is 12.1 Å². The van der Waals surface area contributed by atoms with Crippen LogP contribution in [0.3, 0.4) is 0 Å². The van der Waals surface area contributed by atoms with Crippen LogP contribution in [0, 0.1) is 5.92 Å². The van der Waals surface area contributed by atoms with Crippen LogP contribution in [0.25, 0.3) is 0 Å². The average Bonchev–Trinajstić information content (AvgIpc) is 2.47. The fourth-order valence-corrected chi connectivity index (χ4v) is 3.03. The summed E-state index contributed by atoms with van der Waals surface area (Å²) in [5, 5.41) is 3.24. The van der Waals surface area contributed by atoms with E-state index in [1.807, 2.05) is 0 Å². The molecule has 1 aromatic rings. The number of rotatable bonds is 2. The van der Waals surface area contributed by atoms with Crippen LogP contribution in [0.4, 0.5) is 13.2 Å². The topological polar surface area (TPSA) is 30.5 Å². The van der Waals surface area contributed by atoms with Gasteiger partial charge in [0.05, 0.1) is 5.56 Å². The molecule has 2 aliphatic rings. The van der Waals surface area contributed by atoms with Gasteiger partial charge in [0.2, 0.25) is 0 Å². The van der Waals surface area contributed by atoms with Gasteiger partial charge in [0.1, 0.15) is 13.2 Å². The zero-order valence-electron chi connectivity index (χ0n) is 11.6. The molecule has 1 aromatic carbocycles. The summed E-state index contributed by atoms with van der Waals surface area (Å²) in [5.41, 5.74) is -0.356. The summed E-state index contributed by atoms with van der Waals surface area (Å²) < 4.78 is 50.7. The molecule has 116 valence electrons. The van der Waals surface area contributed by atoms with Crippen molar-refractivity contribution in [3.63, 3.8) is 0 Å². The molecule has 2 aliphatic heterocycles. The summed E-state index contributed by atoms with van der Waals surface area (Å²) in [6.07, 6.45) is -2.06. The van der Waals surface area contributed by atoms with Crippen LogP contribution in [-0.2, 0) is 12.6 Å². The van der Waals surface area contributed by atoms with Gasteiger partial charge in [0.25, 0.3) is 0 Å². The van der Waals surface area contributed by atoms with Gasteiger partial charge in [-0.15, -0.1) is 0 Å². The lowest BCUT2D eigenvalue weighted by Crippen LogP contribution is -2.31. The number of hydrogen-bond donors (Lipinski definition) is 1. The second kappa shape index (κ2) is 5.75. The van der Waals surface area contributed by atoms with E-state index in [0.717, 1.165) is 32.0 Å². The molecule has 0 spiro atoms. The number of nitrogens with one attached hydrogen (secondary N) is 1. The van der Waals surface area contributed by atoms with Gasteiger partial charge in [-0.2, -0.15) is 13.2 Å². The number of ether oxygens (including phenoxy) is 2. The summed E-state index contributed by atoms with van der Waals surface area (Å²) in [5.74, 6) is 0.909. The molecule has 1 saturated heterocycles. The molecule has 1 unspecified atom stereocenters. The second-order valence-electron chi connectivity index (χ2n) is 5.53. The predicted octanol–water partition coefficient (Wildman–Crippen LogP) is 3.02. The van der Waals surface area contributed by atoms with Crippen LogP contribution >= 0.6 is 0 Å². The van der Waals surface area contributed by atoms with E-state index in [2.05, 4.69) is 5.32 Å². The first-order chi connectivity index (χ1) is 10.1. The molecule has 0 aliphatic carbocycles. The fourth-order valence-electron chi connectivity index (χ4n) is 3.03. The third kappa shape index (κ3) is 3.10. The van der Waals surface area contributed by atoms with E-state index >= 15 is 0 Å². The maximum atomic E-state index is 13.3. The maximum Gasteiger partial charge on any atom is 0.416 e. The Labute approximate surface area is 121 Å². The van der Waals surface area contributed by atoms with Gasteiger partial charge in [0, 0.05) is 5.56 Å². The van der Waals surface area contributed by atoms with Crippen LogP contribution in [0.1, 0.15) is 24.0 Å². The molecule has 0 amide bonds. The summed E-state index contributed by atoms with van der Waals surface area (Å²) >= 11 is 0. The Morgan fingerprint density at radius 2 is 2.00 bits per heavy atom. The highest BCUT2D eigenvalue weighted by atomic mass is 19.4. The summed E-state index contributed by atoms with van der Waals surface area (Å²) in [7, 11) is 0. The van der Waals surface area contributed by atoms with Gasteiger partial charge < -0.3 is 14.8 Å². The molecule has 21 heavy (non-hydrogen) atoms. The number of hydrogen-bond acceptors (Lipinski definition) is 3. The quantitative estimate of drug-likeness (QED) is 0.911. The molecule has 1 N–H and O–H groups in total. The molecular weight excluding hydrogens is 283 g/mol. The molecule has 1 atom stereocenters. The lowest BCUT2D eigenvalue weighted by atomic mass is 9.89. The maximum absolute atomic E-state index is 13.3. The summed E-state index contributed by atoms with van der Waals surface area (Å²) in [6.45, 7) is 2.37. The van der Waals surface area contributed by atoms with Crippen LogP contribution < -0.4 is 14.8 Å². The highest BCUT2D eigenvalue weighted by Gasteiger charge is 2.37. The Morgan fingerprint density at radius 1 is 1.19 bits per heavy atom. The number of benzene rings is 1. The Kier molecular flexibility index (Phi) is 3.97. The molecule has 0 saturated carbocycles. The first kappa shape index (κ1) is 14.5. The van der Waals surface area contributed by atoms with Crippen molar-refractivity contribution in [1.82, 2.24) is 5.32 Å². The smallest absolute Gasteiger partial charge is 0.416 e. The largest absolute Gasteiger partial charge is 0.486 e. The first-order valence-corrected chi connectivity index (χ1v) is 7.25. The van der Waals surface area contributed by atoms with Crippen LogP contribution in [0.5, 0.6) is 11.5 Å². The van der Waals surface area contributed by atoms with Gasteiger partial charge in [-0.3, -0.25) is 0 Å². The highest BCUT2D eigenvalue weighted by molar-refractivity contribution is 5.52. The number of alkyl halides is 3. The molecule has 3 nitrogen and oxygen atoms in total. The minimum absolute atomic E-state index is 0.205. The number of piperidine rings is 1.